The number of anilines is 1. The summed E-state index contributed by atoms with van der Waals surface area (Å²) in [4.78, 5) is 21.7. The Morgan fingerprint density at radius 2 is 1.97 bits per heavy atom. The van der Waals surface area contributed by atoms with Crippen LogP contribution >= 0.6 is 0 Å². The highest BCUT2D eigenvalue weighted by Crippen LogP contribution is 2.48. The van der Waals surface area contributed by atoms with Gasteiger partial charge in [-0.25, -0.2) is 9.37 Å². The molecule has 2 atom stereocenters. The molecule has 8 nitrogen and oxygen atoms in total. The molecular weight excluding hydrogens is 411 g/mol. The Morgan fingerprint density at radius 1 is 1.16 bits per heavy atom. The number of amides is 1. The lowest BCUT2D eigenvalue weighted by Crippen LogP contribution is -2.50. The quantitative estimate of drug-likeness (QED) is 0.619. The molecule has 0 aliphatic carbocycles. The van der Waals surface area contributed by atoms with Crippen LogP contribution in [0.3, 0.4) is 0 Å². The Hall–Kier alpha value is -3.51. The average Bonchev–Trinajstić information content (AvgIpc) is 3.51. The lowest BCUT2D eigenvalue weighted by atomic mass is 9.89. The number of ether oxygens (including phenoxy) is 1. The number of pyridine rings is 1. The van der Waals surface area contributed by atoms with Gasteiger partial charge < -0.3 is 14.5 Å². The molecule has 9 heteroatoms. The largest absolute Gasteiger partial charge is 0.356 e. The summed E-state index contributed by atoms with van der Waals surface area (Å²) in [5.41, 5.74) is 0.687. The molecule has 3 saturated heterocycles. The van der Waals surface area contributed by atoms with Gasteiger partial charge in [-0.2, -0.15) is 14.9 Å². The van der Waals surface area contributed by atoms with Crippen molar-refractivity contribution in [1.29, 1.82) is 5.26 Å². The second-order valence-corrected chi connectivity index (χ2v) is 8.59. The van der Waals surface area contributed by atoms with Crippen molar-refractivity contribution < 1.29 is 13.9 Å². The number of carbonyl (C=O) groups excluding carboxylic acids is 1. The Labute approximate surface area is 183 Å². The van der Waals surface area contributed by atoms with E-state index in [1.807, 2.05) is 12.1 Å². The third kappa shape index (κ3) is 2.66. The smallest absolute Gasteiger partial charge is 0.257 e. The highest BCUT2D eigenvalue weighted by molar-refractivity contribution is 5.88. The minimum atomic E-state index is -0.862. The van der Waals surface area contributed by atoms with Crippen molar-refractivity contribution >= 4 is 17.4 Å². The molecule has 0 bridgehead atoms. The average molecular weight is 432 g/mol. The van der Waals surface area contributed by atoms with Gasteiger partial charge in [-0.3, -0.25) is 4.79 Å². The summed E-state index contributed by atoms with van der Waals surface area (Å²) in [7, 11) is 0. The fourth-order valence-corrected chi connectivity index (χ4v) is 5.42. The van der Waals surface area contributed by atoms with Crippen LogP contribution in [-0.2, 0) is 9.53 Å². The minimum Gasteiger partial charge on any atom is -0.356 e. The summed E-state index contributed by atoms with van der Waals surface area (Å²) in [5, 5.41) is 13.6. The molecule has 3 aliphatic heterocycles. The van der Waals surface area contributed by atoms with Crippen LogP contribution in [0.4, 0.5) is 10.2 Å². The van der Waals surface area contributed by atoms with Gasteiger partial charge in [-0.05, 0) is 31.0 Å². The number of hydrogen-bond donors (Lipinski definition) is 0. The van der Waals surface area contributed by atoms with Crippen molar-refractivity contribution in [1.82, 2.24) is 19.5 Å². The van der Waals surface area contributed by atoms with E-state index in [1.165, 1.54) is 12.4 Å². The number of nitriles is 1. The van der Waals surface area contributed by atoms with Gasteiger partial charge in [0.1, 0.15) is 30.3 Å². The number of carbonyl (C=O) groups is 1. The lowest BCUT2D eigenvalue weighted by Gasteiger charge is -2.38. The molecule has 0 N–H and O–H groups in total. The maximum atomic E-state index is 14.4. The summed E-state index contributed by atoms with van der Waals surface area (Å²) in [6, 6.07) is 12.2. The molecule has 0 saturated carbocycles. The summed E-state index contributed by atoms with van der Waals surface area (Å²) in [6.45, 7) is 1.22. The topological polar surface area (TPSA) is 86.8 Å². The monoisotopic (exact) mass is 432 g/mol. The summed E-state index contributed by atoms with van der Waals surface area (Å²) in [5.74, 6) is 0.527. The van der Waals surface area contributed by atoms with Gasteiger partial charge in [0, 0.05) is 31.5 Å². The first-order valence-corrected chi connectivity index (χ1v) is 10.8. The number of halogens is 1. The molecule has 162 valence electrons. The molecule has 0 unspecified atom stereocenters. The fourth-order valence-electron chi connectivity index (χ4n) is 5.42. The van der Waals surface area contributed by atoms with Crippen molar-refractivity contribution in [3.8, 4) is 6.07 Å². The zero-order chi connectivity index (χ0) is 21.9. The van der Waals surface area contributed by atoms with Gasteiger partial charge in [0.25, 0.3) is 5.91 Å². The van der Waals surface area contributed by atoms with Crippen molar-refractivity contribution in [2.75, 3.05) is 18.0 Å². The van der Waals surface area contributed by atoms with Crippen molar-refractivity contribution in [3.63, 3.8) is 0 Å². The van der Waals surface area contributed by atoms with Gasteiger partial charge in [0.05, 0.1) is 11.6 Å². The van der Waals surface area contributed by atoms with Crippen molar-refractivity contribution in [2.45, 2.75) is 43.6 Å². The maximum absolute atomic E-state index is 14.4. The first-order chi connectivity index (χ1) is 15.6. The van der Waals surface area contributed by atoms with E-state index in [0.717, 1.165) is 5.82 Å². The van der Waals surface area contributed by atoms with Crippen LogP contribution in [0.2, 0.25) is 0 Å². The molecule has 0 radical (unpaired) electrons. The highest BCUT2D eigenvalue weighted by atomic mass is 19.1. The van der Waals surface area contributed by atoms with E-state index in [9.17, 15) is 14.4 Å². The first-order valence-electron chi connectivity index (χ1n) is 10.8. The second kappa shape index (κ2) is 7.00. The Kier molecular flexibility index (Phi) is 4.20. The van der Waals surface area contributed by atoms with E-state index in [2.05, 4.69) is 21.1 Å². The normalized spacial score (nSPS) is 24.3. The summed E-state index contributed by atoms with van der Waals surface area (Å²) < 4.78 is 22.5. The van der Waals surface area contributed by atoms with Crippen molar-refractivity contribution in [3.05, 3.63) is 59.7 Å². The third-order valence-corrected chi connectivity index (χ3v) is 7.00. The van der Waals surface area contributed by atoms with Crippen LogP contribution in [0.15, 0.2) is 42.7 Å². The number of nitrogens with zero attached hydrogens (tertiary/aromatic N) is 6. The van der Waals surface area contributed by atoms with Crippen LogP contribution in [0.5, 0.6) is 0 Å². The van der Waals surface area contributed by atoms with Gasteiger partial charge in [-0.15, -0.1) is 0 Å². The highest BCUT2D eigenvalue weighted by Gasteiger charge is 2.58. The van der Waals surface area contributed by atoms with Crippen LogP contribution in [-0.4, -0.2) is 50.3 Å². The molecule has 3 aromatic rings. The molecule has 6 rings (SSSR count). The van der Waals surface area contributed by atoms with E-state index < -0.39 is 5.60 Å². The predicted molar refractivity (Wildman–Crippen MR) is 112 cm³/mol. The molecule has 3 aliphatic rings. The van der Waals surface area contributed by atoms with E-state index in [1.54, 1.807) is 27.6 Å². The number of fused-ring (bicyclic) bond motifs is 2. The third-order valence-electron chi connectivity index (χ3n) is 7.00. The SMILES string of the molecule is N#Cc1ccc(N2CCC3(CC2)O[C@@H]2CC[C@@H](c4ccccc4F)N2C3=O)n2ncnc12. The molecule has 2 aromatic heterocycles. The number of benzene rings is 1. The van der Waals surface area contributed by atoms with Gasteiger partial charge in [0.2, 0.25) is 0 Å². The molecule has 3 fully saturated rings. The van der Waals surface area contributed by atoms with E-state index in [-0.39, 0.29) is 24.0 Å². The minimum absolute atomic E-state index is 0.0290. The second-order valence-electron chi connectivity index (χ2n) is 8.59. The zero-order valence-electron chi connectivity index (χ0n) is 17.3. The first kappa shape index (κ1) is 19.2. The molecule has 1 aromatic carbocycles. The fraction of sp³-hybridized carbons (Fsp3) is 0.391. The molecule has 32 heavy (non-hydrogen) atoms. The molecule has 1 amide bonds. The van der Waals surface area contributed by atoms with Gasteiger partial charge in [0.15, 0.2) is 11.2 Å². The van der Waals surface area contributed by atoms with Gasteiger partial charge in [-0.1, -0.05) is 18.2 Å². The number of hydrogen-bond acceptors (Lipinski definition) is 6. The van der Waals surface area contributed by atoms with E-state index >= 15 is 0 Å². The van der Waals surface area contributed by atoms with Crippen LogP contribution in [0.1, 0.15) is 42.9 Å². The molecular formula is C23H21FN6O2. The predicted octanol–water partition coefficient (Wildman–Crippen LogP) is 2.80. The summed E-state index contributed by atoms with van der Waals surface area (Å²) in [6.07, 6.45) is 3.64. The maximum Gasteiger partial charge on any atom is 0.257 e. The zero-order valence-corrected chi connectivity index (χ0v) is 17.3. The van der Waals surface area contributed by atoms with Crippen LogP contribution in [0.25, 0.3) is 5.65 Å². The Balaban J connectivity index is 1.24. The van der Waals surface area contributed by atoms with E-state index in [4.69, 9.17) is 4.74 Å². The van der Waals surface area contributed by atoms with Crippen LogP contribution in [0, 0.1) is 17.1 Å². The molecule has 1 spiro atoms. The van der Waals surface area contributed by atoms with E-state index in [0.29, 0.717) is 55.5 Å². The summed E-state index contributed by atoms with van der Waals surface area (Å²) >= 11 is 0. The lowest BCUT2D eigenvalue weighted by molar-refractivity contribution is -0.140. The Bertz CT molecular complexity index is 1260. The molecule has 5 heterocycles. The Morgan fingerprint density at radius 3 is 2.75 bits per heavy atom. The number of piperidine rings is 1. The van der Waals surface area contributed by atoms with Gasteiger partial charge >= 0.3 is 0 Å². The number of aromatic nitrogens is 3. The number of rotatable bonds is 2. The van der Waals surface area contributed by atoms with Crippen LogP contribution < -0.4 is 4.90 Å². The standard InChI is InChI=1S/C23H21FN6O2/c24-17-4-2-1-3-16(17)18-6-8-20-29(18)22(31)23(32-20)9-11-28(12-10-23)19-7-5-15(13-25)21-26-14-27-30(19)21/h1-5,7,14,18,20H,6,8-12H2/t18-,20+/m0/s1. The van der Waals surface area contributed by atoms with Crippen molar-refractivity contribution in [2.24, 2.45) is 0 Å².